The second kappa shape index (κ2) is 11.2. The maximum atomic E-state index is 14.2. The number of hydrogen-bond donors (Lipinski definition) is 3. The van der Waals surface area contributed by atoms with Gasteiger partial charge in [0.2, 0.25) is 17.7 Å². The van der Waals surface area contributed by atoms with E-state index >= 15 is 0 Å². The van der Waals surface area contributed by atoms with E-state index in [1.165, 1.54) is 12.3 Å². The minimum atomic E-state index is -1.01. The third-order valence-electron chi connectivity index (χ3n) is 7.20. The molecule has 1 aromatic heterocycles. The molecule has 2 aromatic rings. The molecule has 0 bridgehead atoms. The summed E-state index contributed by atoms with van der Waals surface area (Å²) in [5.41, 5.74) is 0.494. The van der Waals surface area contributed by atoms with Gasteiger partial charge in [0.05, 0.1) is 24.4 Å². The summed E-state index contributed by atoms with van der Waals surface area (Å²) in [6, 6.07) is 1.73. The zero-order valence-corrected chi connectivity index (χ0v) is 20.7. The molecule has 2 aliphatic rings. The molecule has 10 heteroatoms. The third kappa shape index (κ3) is 5.91. The molecule has 1 aliphatic heterocycles. The number of imidazole rings is 1. The number of nitrogens with one attached hydrogen (secondary N) is 3. The quantitative estimate of drug-likeness (QED) is 0.514. The molecule has 36 heavy (non-hydrogen) atoms. The number of H-pyrrole nitrogens is 1. The van der Waals surface area contributed by atoms with Crippen LogP contribution in [0, 0.1) is 17.6 Å². The summed E-state index contributed by atoms with van der Waals surface area (Å²) in [6.45, 7) is 4.34. The van der Waals surface area contributed by atoms with Gasteiger partial charge in [-0.15, -0.1) is 0 Å². The van der Waals surface area contributed by atoms with Crippen LogP contribution in [0.1, 0.15) is 70.7 Å². The van der Waals surface area contributed by atoms with Crippen molar-refractivity contribution >= 4 is 17.7 Å². The number of aromatic amines is 1. The van der Waals surface area contributed by atoms with Crippen LogP contribution in [0.15, 0.2) is 24.4 Å². The number of piperidine rings is 1. The van der Waals surface area contributed by atoms with Gasteiger partial charge in [0.25, 0.3) is 0 Å². The first kappa shape index (κ1) is 25.8. The van der Waals surface area contributed by atoms with Crippen LogP contribution in [-0.2, 0) is 14.4 Å². The van der Waals surface area contributed by atoms with E-state index in [9.17, 15) is 23.2 Å². The summed E-state index contributed by atoms with van der Waals surface area (Å²) in [5.74, 6) is -2.02. The molecule has 0 radical (unpaired) electrons. The standard InChI is InChI=1S/C26H33F2N5O3/c1-15-6-3-4-11-33(15)23(34)13-21(32-25(35)17-7-5-8-17)26(36)30-16(2)24-29-14-22(31-24)19-10-9-18(27)12-20(19)28/h9-10,12,14-17,21H,3-8,11,13H2,1-2H3,(H,29,31)(H,30,36)(H,32,35)/t15-,16-,21-/m0/s1. The molecule has 3 amide bonds. The first-order valence-electron chi connectivity index (χ1n) is 12.6. The highest BCUT2D eigenvalue weighted by atomic mass is 19.1. The van der Waals surface area contributed by atoms with Gasteiger partial charge in [-0.05, 0) is 58.1 Å². The summed E-state index contributed by atoms with van der Waals surface area (Å²) < 4.78 is 27.4. The van der Waals surface area contributed by atoms with Crippen LogP contribution in [0.3, 0.4) is 0 Å². The third-order valence-corrected chi connectivity index (χ3v) is 7.20. The lowest BCUT2D eigenvalue weighted by molar-refractivity contribution is -0.139. The first-order valence-corrected chi connectivity index (χ1v) is 12.6. The number of carbonyl (C=O) groups excluding carboxylic acids is 3. The van der Waals surface area contributed by atoms with Gasteiger partial charge in [0.15, 0.2) is 0 Å². The van der Waals surface area contributed by atoms with Crippen molar-refractivity contribution in [2.24, 2.45) is 5.92 Å². The molecule has 1 saturated carbocycles. The number of amides is 3. The Balaban J connectivity index is 1.44. The van der Waals surface area contributed by atoms with Crippen molar-refractivity contribution in [1.29, 1.82) is 0 Å². The Morgan fingerprint density at radius 3 is 2.58 bits per heavy atom. The fraction of sp³-hybridized carbons (Fsp3) is 0.538. The van der Waals surface area contributed by atoms with Crippen molar-refractivity contribution in [1.82, 2.24) is 25.5 Å². The molecular formula is C26H33F2N5O3. The molecule has 1 aromatic carbocycles. The molecule has 4 rings (SSSR count). The van der Waals surface area contributed by atoms with Gasteiger partial charge >= 0.3 is 0 Å². The van der Waals surface area contributed by atoms with Gasteiger partial charge in [0, 0.05) is 30.1 Å². The summed E-state index contributed by atoms with van der Waals surface area (Å²) in [5, 5.41) is 5.60. The van der Waals surface area contributed by atoms with Crippen LogP contribution in [0.2, 0.25) is 0 Å². The number of benzene rings is 1. The fourth-order valence-electron chi connectivity index (χ4n) is 4.71. The normalized spacial score (nSPS) is 19.8. The Morgan fingerprint density at radius 2 is 1.92 bits per heavy atom. The summed E-state index contributed by atoms with van der Waals surface area (Å²) >= 11 is 0. The van der Waals surface area contributed by atoms with Crippen LogP contribution in [-0.4, -0.2) is 51.2 Å². The number of hydrogen-bond acceptors (Lipinski definition) is 4. The molecule has 1 aliphatic carbocycles. The molecule has 194 valence electrons. The number of rotatable bonds is 8. The highest BCUT2D eigenvalue weighted by Gasteiger charge is 2.33. The van der Waals surface area contributed by atoms with Crippen LogP contribution >= 0.6 is 0 Å². The summed E-state index contributed by atoms with van der Waals surface area (Å²) in [7, 11) is 0. The van der Waals surface area contributed by atoms with E-state index in [-0.39, 0.29) is 35.8 Å². The van der Waals surface area contributed by atoms with Gasteiger partial charge < -0.3 is 20.5 Å². The maximum Gasteiger partial charge on any atom is 0.243 e. The highest BCUT2D eigenvalue weighted by Crippen LogP contribution is 2.27. The predicted molar refractivity (Wildman–Crippen MR) is 129 cm³/mol. The predicted octanol–water partition coefficient (Wildman–Crippen LogP) is 3.61. The Morgan fingerprint density at radius 1 is 1.14 bits per heavy atom. The number of likely N-dealkylation sites (tertiary alicyclic amines) is 1. The lowest BCUT2D eigenvalue weighted by atomic mass is 9.84. The molecule has 3 atom stereocenters. The Kier molecular flexibility index (Phi) is 8.01. The van der Waals surface area contributed by atoms with Gasteiger partial charge in [-0.1, -0.05) is 6.42 Å². The van der Waals surface area contributed by atoms with Crippen molar-refractivity contribution in [3.8, 4) is 11.3 Å². The number of halogens is 2. The maximum absolute atomic E-state index is 14.2. The van der Waals surface area contributed by atoms with Crippen LogP contribution in [0.5, 0.6) is 0 Å². The number of carbonyl (C=O) groups is 3. The van der Waals surface area contributed by atoms with Gasteiger partial charge in [-0.3, -0.25) is 14.4 Å². The zero-order valence-electron chi connectivity index (χ0n) is 20.7. The van der Waals surface area contributed by atoms with E-state index in [1.54, 1.807) is 11.8 Å². The van der Waals surface area contributed by atoms with E-state index < -0.39 is 29.6 Å². The van der Waals surface area contributed by atoms with Crippen molar-refractivity contribution in [2.75, 3.05) is 6.54 Å². The second-order valence-corrected chi connectivity index (χ2v) is 9.86. The molecular weight excluding hydrogens is 468 g/mol. The largest absolute Gasteiger partial charge is 0.345 e. The highest BCUT2D eigenvalue weighted by molar-refractivity contribution is 5.93. The summed E-state index contributed by atoms with van der Waals surface area (Å²) in [4.78, 5) is 47.9. The average Bonchev–Trinajstić information content (AvgIpc) is 3.27. The summed E-state index contributed by atoms with van der Waals surface area (Å²) in [6.07, 6.45) is 6.74. The van der Waals surface area contributed by atoms with E-state index in [1.807, 2.05) is 6.92 Å². The first-order chi connectivity index (χ1) is 17.2. The van der Waals surface area contributed by atoms with E-state index in [4.69, 9.17) is 0 Å². The second-order valence-electron chi connectivity index (χ2n) is 9.86. The Bertz CT molecular complexity index is 1120. The Labute approximate surface area is 209 Å². The van der Waals surface area contributed by atoms with Crippen LogP contribution < -0.4 is 10.6 Å². The Hall–Kier alpha value is -3.30. The van der Waals surface area contributed by atoms with Crippen LogP contribution in [0.4, 0.5) is 8.78 Å². The molecule has 8 nitrogen and oxygen atoms in total. The smallest absolute Gasteiger partial charge is 0.243 e. The zero-order chi connectivity index (χ0) is 25.8. The molecule has 1 saturated heterocycles. The molecule has 3 N–H and O–H groups in total. The minimum Gasteiger partial charge on any atom is -0.345 e. The fourth-order valence-corrected chi connectivity index (χ4v) is 4.71. The molecule has 2 fully saturated rings. The van der Waals surface area contributed by atoms with Gasteiger partial charge in [-0.2, -0.15) is 0 Å². The average molecular weight is 502 g/mol. The van der Waals surface area contributed by atoms with E-state index in [0.717, 1.165) is 50.7 Å². The number of aromatic nitrogens is 2. The molecule has 0 spiro atoms. The van der Waals surface area contributed by atoms with E-state index in [2.05, 4.69) is 20.6 Å². The SMILES string of the molecule is C[C@H](NC(=O)[C@H](CC(=O)N1CCCC[C@@H]1C)NC(=O)C1CCC1)c1ncc(-c2ccc(F)cc2F)[nH]1. The van der Waals surface area contributed by atoms with Crippen molar-refractivity contribution in [3.63, 3.8) is 0 Å². The minimum absolute atomic E-state index is 0.101. The lowest BCUT2D eigenvalue weighted by Crippen LogP contribution is -2.53. The van der Waals surface area contributed by atoms with Crippen molar-refractivity contribution in [3.05, 3.63) is 41.9 Å². The topological polar surface area (TPSA) is 107 Å². The molecule has 0 unspecified atom stereocenters. The molecule has 2 heterocycles. The van der Waals surface area contributed by atoms with E-state index in [0.29, 0.717) is 18.1 Å². The van der Waals surface area contributed by atoms with Gasteiger partial charge in [0.1, 0.15) is 23.5 Å². The van der Waals surface area contributed by atoms with Crippen molar-refractivity contribution in [2.45, 2.75) is 76.9 Å². The monoisotopic (exact) mass is 501 g/mol. The number of nitrogens with zero attached hydrogens (tertiary/aromatic N) is 2. The van der Waals surface area contributed by atoms with Crippen molar-refractivity contribution < 1.29 is 23.2 Å². The van der Waals surface area contributed by atoms with Gasteiger partial charge in [-0.25, -0.2) is 13.8 Å². The lowest BCUT2D eigenvalue weighted by Gasteiger charge is -2.35. The van der Waals surface area contributed by atoms with Crippen LogP contribution in [0.25, 0.3) is 11.3 Å².